The first kappa shape index (κ1) is 7.01. The maximum atomic E-state index is 5.27. The van der Waals surface area contributed by atoms with E-state index in [1.54, 1.807) is 26.5 Å². The first-order valence-electron chi connectivity index (χ1n) is 2.36. The second-order valence-corrected chi connectivity index (χ2v) is 1.44. The molecule has 46 valence electrons. The third kappa shape index (κ3) is 5.01. The molecule has 0 aromatic carbocycles. The zero-order valence-corrected chi connectivity index (χ0v) is 5.18. The molecule has 0 atom stereocenters. The van der Waals surface area contributed by atoms with Crippen molar-refractivity contribution < 1.29 is 0 Å². The Morgan fingerprint density at radius 1 is 1.75 bits per heavy atom. The van der Waals surface area contributed by atoms with Gasteiger partial charge in [-0.05, 0) is 6.92 Å². The highest BCUT2D eigenvalue weighted by Crippen LogP contribution is 1.70. The van der Waals surface area contributed by atoms with E-state index >= 15 is 0 Å². The van der Waals surface area contributed by atoms with Crippen molar-refractivity contribution in [2.75, 3.05) is 7.05 Å². The molecule has 0 aliphatic carbocycles. The quantitative estimate of drug-likeness (QED) is 0.393. The van der Waals surface area contributed by atoms with Crippen LogP contribution >= 0.6 is 0 Å². The number of hydrogen-bond donors (Lipinski definition) is 2. The van der Waals surface area contributed by atoms with Crippen LogP contribution in [0.3, 0.4) is 0 Å². The zero-order valence-electron chi connectivity index (χ0n) is 5.18. The summed E-state index contributed by atoms with van der Waals surface area (Å²) in [6, 6.07) is 0. The predicted molar refractivity (Wildman–Crippen MR) is 35.5 cm³/mol. The summed E-state index contributed by atoms with van der Waals surface area (Å²) >= 11 is 0. The lowest BCUT2D eigenvalue weighted by molar-refractivity contribution is 1.19. The van der Waals surface area contributed by atoms with E-state index in [0.717, 1.165) is 5.70 Å². The molecule has 0 aliphatic heterocycles. The van der Waals surface area contributed by atoms with Gasteiger partial charge >= 0.3 is 0 Å². The molecule has 0 unspecified atom stereocenters. The summed E-state index contributed by atoms with van der Waals surface area (Å²) in [5.74, 6) is 0. The summed E-state index contributed by atoms with van der Waals surface area (Å²) in [6.07, 6.45) is 3.24. The Kier molecular flexibility index (Phi) is 3.66. The lowest BCUT2D eigenvalue weighted by atomic mass is 10.6. The Bertz CT molecular complexity index is 100. The van der Waals surface area contributed by atoms with Gasteiger partial charge in [0.1, 0.15) is 0 Å². The fourth-order valence-electron chi connectivity index (χ4n) is 0.243. The van der Waals surface area contributed by atoms with Crippen LogP contribution in [0.1, 0.15) is 6.92 Å². The number of allylic oxidation sites excluding steroid dienone is 1. The minimum absolute atomic E-state index is 0.741. The van der Waals surface area contributed by atoms with Gasteiger partial charge < -0.3 is 11.1 Å². The lowest BCUT2D eigenvalue weighted by Gasteiger charge is -1.88. The van der Waals surface area contributed by atoms with Crippen molar-refractivity contribution in [1.29, 1.82) is 0 Å². The van der Waals surface area contributed by atoms with E-state index in [2.05, 4.69) is 10.3 Å². The largest absolute Gasteiger partial charge is 0.401 e. The SMILES string of the molecule is CN=CN/C=C(\C)N. The highest BCUT2D eigenvalue weighted by atomic mass is 14.9. The molecular formula is C5H11N3. The monoisotopic (exact) mass is 113 g/mol. The van der Waals surface area contributed by atoms with Crippen LogP contribution in [0.5, 0.6) is 0 Å². The summed E-state index contributed by atoms with van der Waals surface area (Å²) in [5.41, 5.74) is 6.01. The van der Waals surface area contributed by atoms with E-state index in [1.807, 2.05) is 0 Å². The predicted octanol–water partition coefficient (Wildman–Crippen LogP) is 0.0541. The summed E-state index contributed by atoms with van der Waals surface area (Å²) in [6.45, 7) is 1.80. The Hall–Kier alpha value is -0.990. The Labute approximate surface area is 49.3 Å². The number of nitrogens with one attached hydrogen (secondary N) is 1. The van der Waals surface area contributed by atoms with Crippen LogP contribution in [0.25, 0.3) is 0 Å². The third-order valence-corrected chi connectivity index (χ3v) is 0.515. The fourth-order valence-corrected chi connectivity index (χ4v) is 0.243. The van der Waals surface area contributed by atoms with Crippen LogP contribution in [-0.4, -0.2) is 13.4 Å². The maximum Gasteiger partial charge on any atom is 0.0860 e. The second kappa shape index (κ2) is 4.18. The Balaban J connectivity index is 3.30. The molecule has 0 heterocycles. The van der Waals surface area contributed by atoms with Crippen molar-refractivity contribution in [1.82, 2.24) is 5.32 Å². The summed E-state index contributed by atoms with van der Waals surface area (Å²) in [4.78, 5) is 3.67. The highest BCUT2D eigenvalue weighted by molar-refractivity contribution is 5.55. The highest BCUT2D eigenvalue weighted by Gasteiger charge is 1.69. The number of nitrogens with two attached hydrogens (primary N) is 1. The van der Waals surface area contributed by atoms with Gasteiger partial charge in [0, 0.05) is 18.9 Å². The van der Waals surface area contributed by atoms with Gasteiger partial charge in [-0.25, -0.2) is 0 Å². The first-order chi connectivity index (χ1) is 3.77. The number of aliphatic imine (C=N–C) groups is 1. The van der Waals surface area contributed by atoms with Gasteiger partial charge in [0.25, 0.3) is 0 Å². The average Bonchev–Trinajstić information content (AvgIpc) is 1.66. The summed E-state index contributed by atoms with van der Waals surface area (Å²) in [7, 11) is 1.69. The molecule has 0 aromatic rings. The van der Waals surface area contributed by atoms with Gasteiger partial charge in [-0.2, -0.15) is 0 Å². The Morgan fingerprint density at radius 3 is 2.75 bits per heavy atom. The van der Waals surface area contributed by atoms with Gasteiger partial charge in [0.2, 0.25) is 0 Å². The van der Waals surface area contributed by atoms with Crippen LogP contribution in [-0.2, 0) is 0 Å². The van der Waals surface area contributed by atoms with E-state index in [0.29, 0.717) is 0 Å². The van der Waals surface area contributed by atoms with Crippen LogP contribution < -0.4 is 11.1 Å². The topological polar surface area (TPSA) is 50.4 Å². The third-order valence-electron chi connectivity index (χ3n) is 0.515. The molecule has 3 nitrogen and oxygen atoms in total. The van der Waals surface area contributed by atoms with Crippen LogP contribution in [0.2, 0.25) is 0 Å². The van der Waals surface area contributed by atoms with Gasteiger partial charge in [0.15, 0.2) is 0 Å². The summed E-state index contributed by atoms with van der Waals surface area (Å²) < 4.78 is 0. The molecular weight excluding hydrogens is 102 g/mol. The maximum absolute atomic E-state index is 5.27. The normalized spacial score (nSPS) is 12.5. The van der Waals surface area contributed by atoms with Crippen molar-refractivity contribution in [3.8, 4) is 0 Å². The van der Waals surface area contributed by atoms with Crippen molar-refractivity contribution in [3.63, 3.8) is 0 Å². The minimum Gasteiger partial charge on any atom is -0.401 e. The minimum atomic E-state index is 0.741. The lowest BCUT2D eigenvalue weighted by Crippen LogP contribution is -2.04. The number of hydrogen-bond acceptors (Lipinski definition) is 2. The smallest absolute Gasteiger partial charge is 0.0860 e. The molecule has 0 saturated carbocycles. The van der Waals surface area contributed by atoms with Crippen LogP contribution in [0.15, 0.2) is 16.9 Å². The summed E-state index contributed by atoms with van der Waals surface area (Å²) in [5, 5.41) is 2.76. The van der Waals surface area contributed by atoms with E-state index in [4.69, 9.17) is 5.73 Å². The molecule has 0 fully saturated rings. The molecule has 3 N–H and O–H groups in total. The molecule has 0 amide bonds. The van der Waals surface area contributed by atoms with Gasteiger partial charge in [0.05, 0.1) is 6.34 Å². The first-order valence-corrected chi connectivity index (χ1v) is 2.36. The van der Waals surface area contributed by atoms with E-state index in [-0.39, 0.29) is 0 Å². The van der Waals surface area contributed by atoms with Crippen molar-refractivity contribution in [3.05, 3.63) is 11.9 Å². The van der Waals surface area contributed by atoms with Crippen molar-refractivity contribution in [2.45, 2.75) is 6.92 Å². The zero-order chi connectivity index (χ0) is 6.41. The van der Waals surface area contributed by atoms with Crippen LogP contribution in [0, 0.1) is 0 Å². The molecule has 3 heteroatoms. The molecule has 0 bridgehead atoms. The van der Waals surface area contributed by atoms with E-state index < -0.39 is 0 Å². The molecule has 8 heavy (non-hydrogen) atoms. The van der Waals surface area contributed by atoms with E-state index in [1.165, 1.54) is 0 Å². The standard InChI is InChI=1S/C5H11N3/c1-5(6)3-8-4-7-2/h3-4H,6H2,1-2H3,(H,7,8)/b5-3+. The fraction of sp³-hybridized carbons (Fsp3) is 0.400. The molecule has 0 radical (unpaired) electrons. The average molecular weight is 113 g/mol. The van der Waals surface area contributed by atoms with Crippen molar-refractivity contribution in [2.24, 2.45) is 10.7 Å². The second-order valence-electron chi connectivity index (χ2n) is 1.44. The van der Waals surface area contributed by atoms with Gasteiger partial charge in [-0.15, -0.1) is 0 Å². The number of rotatable bonds is 2. The van der Waals surface area contributed by atoms with Gasteiger partial charge in [-0.3, -0.25) is 4.99 Å². The molecule has 0 aliphatic rings. The Morgan fingerprint density at radius 2 is 2.38 bits per heavy atom. The molecule has 0 aromatic heterocycles. The van der Waals surface area contributed by atoms with Crippen LogP contribution in [0.4, 0.5) is 0 Å². The van der Waals surface area contributed by atoms with Gasteiger partial charge in [-0.1, -0.05) is 0 Å². The molecule has 0 rings (SSSR count). The number of nitrogens with zero attached hydrogens (tertiary/aromatic N) is 1. The molecule has 0 spiro atoms. The van der Waals surface area contributed by atoms with E-state index in [9.17, 15) is 0 Å². The molecule has 0 saturated heterocycles. The van der Waals surface area contributed by atoms with Crippen molar-refractivity contribution >= 4 is 6.34 Å².